The van der Waals surface area contributed by atoms with Crippen LogP contribution in [-0.2, 0) is 4.74 Å². The van der Waals surface area contributed by atoms with Gasteiger partial charge in [0.25, 0.3) is 0 Å². The molecule has 0 radical (unpaired) electrons. The summed E-state index contributed by atoms with van der Waals surface area (Å²) in [7, 11) is 0. The molecule has 0 fully saturated rings. The molecule has 0 saturated carbocycles. The van der Waals surface area contributed by atoms with Crippen molar-refractivity contribution < 1.29 is 23.8 Å². The van der Waals surface area contributed by atoms with Crippen molar-refractivity contribution in [2.24, 2.45) is 0 Å². The van der Waals surface area contributed by atoms with E-state index in [-0.39, 0.29) is 5.97 Å². The highest BCUT2D eigenvalue weighted by Crippen LogP contribution is 2.21. The zero-order valence-corrected chi connectivity index (χ0v) is 17.6. The maximum absolute atomic E-state index is 12.5. The Kier molecular flexibility index (Phi) is 10.2. The van der Waals surface area contributed by atoms with E-state index in [2.05, 4.69) is 13.5 Å². The van der Waals surface area contributed by atoms with Crippen molar-refractivity contribution in [3.8, 4) is 11.5 Å². The Labute approximate surface area is 178 Å². The molecule has 0 unspecified atom stereocenters. The highest BCUT2D eigenvalue weighted by atomic mass is 16.5. The van der Waals surface area contributed by atoms with Gasteiger partial charge >= 0.3 is 11.9 Å². The van der Waals surface area contributed by atoms with E-state index in [4.69, 9.17) is 14.2 Å². The molecule has 2 rings (SSSR count). The van der Waals surface area contributed by atoms with Crippen molar-refractivity contribution in [3.63, 3.8) is 0 Å². The van der Waals surface area contributed by atoms with Crippen molar-refractivity contribution in [3.05, 3.63) is 72.3 Å². The van der Waals surface area contributed by atoms with Crippen molar-refractivity contribution in [2.75, 3.05) is 13.2 Å². The van der Waals surface area contributed by atoms with Gasteiger partial charge < -0.3 is 14.2 Å². The Morgan fingerprint density at radius 1 is 0.900 bits per heavy atom. The topological polar surface area (TPSA) is 61.8 Å². The molecule has 0 N–H and O–H groups in total. The summed E-state index contributed by atoms with van der Waals surface area (Å²) in [4.78, 5) is 24.6. The van der Waals surface area contributed by atoms with E-state index in [1.165, 1.54) is 25.7 Å². The fraction of sp³-hybridized carbons (Fsp3) is 0.360. The number of rotatable bonds is 13. The molecule has 0 atom stereocenters. The minimum atomic E-state index is -0.534. The number of benzene rings is 2. The van der Waals surface area contributed by atoms with E-state index in [1.54, 1.807) is 54.6 Å². The molecule has 5 heteroatoms. The lowest BCUT2D eigenvalue weighted by molar-refractivity contribution is 0.0497. The van der Waals surface area contributed by atoms with E-state index >= 15 is 0 Å². The second-order valence-electron chi connectivity index (χ2n) is 6.91. The Bertz CT molecular complexity index is 811. The SMILES string of the molecule is C=CCOc1ccccc1C(=O)Oc1ccc(C(=O)OCCCCCCCC)cc1. The predicted molar refractivity (Wildman–Crippen MR) is 117 cm³/mol. The lowest BCUT2D eigenvalue weighted by Crippen LogP contribution is -2.11. The van der Waals surface area contributed by atoms with Crippen LogP contribution in [0.2, 0.25) is 0 Å². The van der Waals surface area contributed by atoms with Gasteiger partial charge in [-0.3, -0.25) is 0 Å². The monoisotopic (exact) mass is 410 g/mol. The first kappa shape index (κ1) is 23.2. The van der Waals surface area contributed by atoms with Gasteiger partial charge in [-0.1, -0.05) is 63.8 Å². The Hall–Kier alpha value is -3.08. The molecule has 160 valence electrons. The van der Waals surface area contributed by atoms with Gasteiger partial charge in [0.2, 0.25) is 0 Å². The summed E-state index contributed by atoms with van der Waals surface area (Å²) in [6.07, 6.45) is 8.42. The summed E-state index contributed by atoms with van der Waals surface area (Å²) in [5, 5.41) is 0. The summed E-state index contributed by atoms with van der Waals surface area (Å²) < 4.78 is 16.2. The van der Waals surface area contributed by atoms with Crippen LogP contribution in [0.4, 0.5) is 0 Å². The van der Waals surface area contributed by atoms with Gasteiger partial charge in [0.05, 0.1) is 12.2 Å². The quantitative estimate of drug-likeness (QED) is 0.176. The van der Waals surface area contributed by atoms with Crippen molar-refractivity contribution >= 4 is 11.9 Å². The maximum atomic E-state index is 12.5. The molecule has 0 aliphatic rings. The average Bonchev–Trinajstić information content (AvgIpc) is 2.77. The molecule has 0 bridgehead atoms. The van der Waals surface area contributed by atoms with Gasteiger partial charge in [-0.25, -0.2) is 9.59 Å². The van der Waals surface area contributed by atoms with Crippen LogP contribution in [0.5, 0.6) is 11.5 Å². The molecule has 0 spiro atoms. The maximum Gasteiger partial charge on any atom is 0.347 e. The molecule has 2 aromatic rings. The summed E-state index contributed by atoms with van der Waals surface area (Å²) in [5.74, 6) is -0.138. The number of hydrogen-bond acceptors (Lipinski definition) is 5. The first-order chi connectivity index (χ1) is 14.7. The number of esters is 2. The van der Waals surface area contributed by atoms with Gasteiger partial charge in [0.15, 0.2) is 0 Å². The second kappa shape index (κ2) is 13.2. The first-order valence-electron chi connectivity index (χ1n) is 10.5. The molecule has 0 aromatic heterocycles. The lowest BCUT2D eigenvalue weighted by Gasteiger charge is -2.10. The average molecular weight is 411 g/mol. The van der Waals surface area contributed by atoms with Crippen molar-refractivity contribution in [1.82, 2.24) is 0 Å². The van der Waals surface area contributed by atoms with Crippen LogP contribution in [0.25, 0.3) is 0 Å². The number of para-hydroxylation sites is 1. The van der Waals surface area contributed by atoms with Crippen LogP contribution < -0.4 is 9.47 Å². The largest absolute Gasteiger partial charge is 0.489 e. The normalized spacial score (nSPS) is 10.3. The second-order valence-corrected chi connectivity index (χ2v) is 6.91. The molecule has 0 aliphatic carbocycles. The van der Waals surface area contributed by atoms with Crippen LogP contribution >= 0.6 is 0 Å². The minimum Gasteiger partial charge on any atom is -0.489 e. The minimum absolute atomic E-state index is 0.292. The van der Waals surface area contributed by atoms with E-state index < -0.39 is 5.97 Å². The van der Waals surface area contributed by atoms with E-state index in [9.17, 15) is 9.59 Å². The highest BCUT2D eigenvalue weighted by molar-refractivity contribution is 5.94. The molecule has 0 aliphatic heterocycles. The summed E-state index contributed by atoms with van der Waals surface area (Å²) in [6.45, 7) is 6.50. The van der Waals surface area contributed by atoms with Crippen LogP contribution in [0, 0.1) is 0 Å². The summed E-state index contributed by atoms with van der Waals surface area (Å²) in [5.41, 5.74) is 0.747. The third-order valence-electron chi connectivity index (χ3n) is 4.50. The van der Waals surface area contributed by atoms with Gasteiger partial charge in [-0.15, -0.1) is 0 Å². The zero-order chi connectivity index (χ0) is 21.6. The molecule has 2 aromatic carbocycles. The molecular formula is C25H30O5. The number of hydrogen-bond donors (Lipinski definition) is 0. The van der Waals surface area contributed by atoms with Crippen LogP contribution in [-0.4, -0.2) is 25.2 Å². The van der Waals surface area contributed by atoms with Crippen molar-refractivity contribution in [2.45, 2.75) is 45.4 Å². The van der Waals surface area contributed by atoms with Gasteiger partial charge in [0.1, 0.15) is 23.7 Å². The van der Waals surface area contributed by atoms with Crippen LogP contribution in [0.3, 0.4) is 0 Å². The summed E-state index contributed by atoms with van der Waals surface area (Å²) >= 11 is 0. The third-order valence-corrected chi connectivity index (χ3v) is 4.50. The smallest absolute Gasteiger partial charge is 0.347 e. The van der Waals surface area contributed by atoms with Crippen molar-refractivity contribution in [1.29, 1.82) is 0 Å². The molecule has 5 nitrogen and oxygen atoms in total. The molecule has 0 heterocycles. The highest BCUT2D eigenvalue weighted by Gasteiger charge is 2.15. The van der Waals surface area contributed by atoms with Gasteiger partial charge in [-0.2, -0.15) is 0 Å². The Morgan fingerprint density at radius 2 is 1.60 bits per heavy atom. The number of carbonyl (C=O) groups excluding carboxylic acids is 2. The summed E-state index contributed by atoms with van der Waals surface area (Å²) in [6, 6.07) is 13.2. The lowest BCUT2D eigenvalue weighted by atomic mass is 10.1. The molecule has 0 amide bonds. The number of ether oxygens (including phenoxy) is 3. The third kappa shape index (κ3) is 7.74. The van der Waals surface area contributed by atoms with E-state index in [1.807, 2.05) is 0 Å². The standard InChI is InChI=1S/C25H30O5/c1-3-5-6-7-8-11-19-29-24(26)20-14-16-21(17-15-20)30-25(27)22-12-9-10-13-23(22)28-18-4-2/h4,9-10,12-17H,2-3,5-8,11,18-19H2,1H3. The number of carbonyl (C=O) groups is 2. The predicted octanol–water partition coefficient (Wildman–Crippen LogP) is 5.99. The Morgan fingerprint density at radius 3 is 2.33 bits per heavy atom. The fourth-order valence-electron chi connectivity index (χ4n) is 2.86. The van der Waals surface area contributed by atoms with E-state index in [0.717, 1.165) is 12.8 Å². The molecular weight excluding hydrogens is 380 g/mol. The molecule has 30 heavy (non-hydrogen) atoms. The zero-order valence-electron chi connectivity index (χ0n) is 17.6. The fourth-order valence-corrected chi connectivity index (χ4v) is 2.86. The van der Waals surface area contributed by atoms with Gasteiger partial charge in [-0.05, 0) is 42.8 Å². The van der Waals surface area contributed by atoms with E-state index in [0.29, 0.717) is 35.8 Å². The molecule has 0 saturated heterocycles. The number of unbranched alkanes of at least 4 members (excludes halogenated alkanes) is 5. The Balaban J connectivity index is 1.83. The first-order valence-corrected chi connectivity index (χ1v) is 10.5. The van der Waals surface area contributed by atoms with Gasteiger partial charge in [0, 0.05) is 0 Å². The van der Waals surface area contributed by atoms with Crippen LogP contribution in [0.15, 0.2) is 61.2 Å². The van der Waals surface area contributed by atoms with Crippen LogP contribution in [0.1, 0.15) is 66.2 Å².